The van der Waals surface area contributed by atoms with E-state index in [1.165, 1.54) is 0 Å². The summed E-state index contributed by atoms with van der Waals surface area (Å²) >= 11 is 0. The predicted octanol–water partition coefficient (Wildman–Crippen LogP) is 2.42. The van der Waals surface area contributed by atoms with Crippen molar-refractivity contribution < 1.29 is 10.2 Å². The molecular formula is C15H23NO2. The summed E-state index contributed by atoms with van der Waals surface area (Å²) in [5, 5.41) is 23.1. The van der Waals surface area contributed by atoms with Crippen LogP contribution in [0.4, 0.5) is 0 Å². The van der Waals surface area contributed by atoms with E-state index in [2.05, 4.69) is 12.2 Å². The molecule has 1 fully saturated rings. The lowest BCUT2D eigenvalue weighted by atomic mass is 9.79. The molecule has 1 aliphatic carbocycles. The lowest BCUT2D eigenvalue weighted by molar-refractivity contribution is -0.00630. The fraction of sp³-hybridized carbons (Fsp3) is 0.600. The number of aliphatic hydroxyl groups is 1. The normalized spacial score (nSPS) is 28.2. The summed E-state index contributed by atoms with van der Waals surface area (Å²) in [6.07, 6.45) is 4.01. The van der Waals surface area contributed by atoms with Crippen LogP contribution in [0.5, 0.6) is 5.75 Å². The standard InChI is InChI=1S/C15H23NO2/c1-12-5-7-15(18,8-6-12)11-16-10-13-3-2-4-14(17)9-13/h2-4,9,12,16-18H,5-8,10-11H2,1H3. The maximum absolute atomic E-state index is 10.4. The lowest BCUT2D eigenvalue weighted by Gasteiger charge is -2.35. The minimum Gasteiger partial charge on any atom is -0.508 e. The molecule has 3 heteroatoms. The van der Waals surface area contributed by atoms with Crippen molar-refractivity contribution in [2.45, 2.75) is 44.8 Å². The highest BCUT2D eigenvalue weighted by molar-refractivity contribution is 5.26. The van der Waals surface area contributed by atoms with Gasteiger partial charge < -0.3 is 15.5 Å². The topological polar surface area (TPSA) is 52.5 Å². The third-order valence-electron chi connectivity index (χ3n) is 3.90. The molecule has 0 unspecified atom stereocenters. The second-order valence-electron chi connectivity index (χ2n) is 5.68. The first-order valence-electron chi connectivity index (χ1n) is 6.78. The zero-order valence-corrected chi connectivity index (χ0v) is 11.0. The smallest absolute Gasteiger partial charge is 0.115 e. The molecule has 1 aliphatic rings. The first kappa shape index (κ1) is 13.4. The van der Waals surface area contributed by atoms with Crippen molar-refractivity contribution in [1.82, 2.24) is 5.32 Å². The van der Waals surface area contributed by atoms with E-state index in [0.717, 1.165) is 37.2 Å². The molecule has 3 N–H and O–H groups in total. The molecule has 0 aromatic heterocycles. The first-order chi connectivity index (χ1) is 8.57. The fourth-order valence-electron chi connectivity index (χ4n) is 2.58. The van der Waals surface area contributed by atoms with E-state index in [4.69, 9.17) is 0 Å². The van der Waals surface area contributed by atoms with Gasteiger partial charge in [0, 0.05) is 13.1 Å². The Kier molecular flexibility index (Phi) is 4.25. The molecule has 100 valence electrons. The molecule has 0 saturated heterocycles. The number of aromatic hydroxyl groups is 1. The molecule has 0 atom stereocenters. The van der Waals surface area contributed by atoms with Crippen LogP contribution in [0.1, 0.15) is 38.2 Å². The van der Waals surface area contributed by atoms with Gasteiger partial charge >= 0.3 is 0 Å². The molecule has 3 nitrogen and oxygen atoms in total. The third kappa shape index (κ3) is 3.72. The lowest BCUT2D eigenvalue weighted by Crippen LogP contribution is -2.43. The molecule has 0 spiro atoms. The average molecular weight is 249 g/mol. The van der Waals surface area contributed by atoms with Crippen LogP contribution in [0.2, 0.25) is 0 Å². The fourth-order valence-corrected chi connectivity index (χ4v) is 2.58. The molecule has 0 aliphatic heterocycles. The van der Waals surface area contributed by atoms with Crippen LogP contribution >= 0.6 is 0 Å². The molecule has 1 aromatic rings. The summed E-state index contributed by atoms with van der Waals surface area (Å²) in [6, 6.07) is 7.22. The van der Waals surface area contributed by atoms with Crippen LogP contribution in [0.15, 0.2) is 24.3 Å². The Morgan fingerprint density at radius 2 is 2.06 bits per heavy atom. The summed E-state index contributed by atoms with van der Waals surface area (Å²) in [6.45, 7) is 3.57. The van der Waals surface area contributed by atoms with Crippen molar-refractivity contribution in [2.75, 3.05) is 6.54 Å². The minimum atomic E-state index is -0.538. The Morgan fingerprint density at radius 1 is 1.33 bits per heavy atom. The maximum atomic E-state index is 10.4. The number of benzene rings is 1. The molecule has 2 rings (SSSR count). The molecule has 1 aromatic carbocycles. The van der Waals surface area contributed by atoms with Crippen LogP contribution in [0.25, 0.3) is 0 Å². The quantitative estimate of drug-likeness (QED) is 0.768. The Balaban J connectivity index is 1.78. The molecule has 0 amide bonds. The van der Waals surface area contributed by atoms with E-state index < -0.39 is 5.60 Å². The van der Waals surface area contributed by atoms with E-state index in [1.54, 1.807) is 12.1 Å². The Bertz CT molecular complexity index is 384. The van der Waals surface area contributed by atoms with Crippen LogP contribution < -0.4 is 5.32 Å². The van der Waals surface area contributed by atoms with Crippen molar-refractivity contribution in [1.29, 1.82) is 0 Å². The van der Waals surface area contributed by atoms with Crippen LogP contribution in [0.3, 0.4) is 0 Å². The van der Waals surface area contributed by atoms with Gasteiger partial charge in [-0.3, -0.25) is 0 Å². The van der Waals surface area contributed by atoms with E-state index in [1.807, 2.05) is 12.1 Å². The predicted molar refractivity (Wildman–Crippen MR) is 72.4 cm³/mol. The molecule has 18 heavy (non-hydrogen) atoms. The summed E-state index contributed by atoms with van der Waals surface area (Å²) < 4.78 is 0. The van der Waals surface area contributed by atoms with Gasteiger partial charge in [0.1, 0.15) is 5.75 Å². The molecule has 0 bridgehead atoms. The van der Waals surface area contributed by atoms with Gasteiger partial charge in [-0.05, 0) is 49.3 Å². The first-order valence-corrected chi connectivity index (χ1v) is 6.78. The second-order valence-corrected chi connectivity index (χ2v) is 5.68. The number of phenolic OH excluding ortho intramolecular Hbond substituents is 1. The molecule has 0 radical (unpaired) electrons. The number of rotatable bonds is 4. The molecule has 1 saturated carbocycles. The van der Waals surface area contributed by atoms with E-state index in [9.17, 15) is 10.2 Å². The van der Waals surface area contributed by atoms with Gasteiger partial charge in [-0.1, -0.05) is 19.1 Å². The van der Waals surface area contributed by atoms with Crippen LogP contribution in [-0.2, 0) is 6.54 Å². The highest BCUT2D eigenvalue weighted by atomic mass is 16.3. The third-order valence-corrected chi connectivity index (χ3v) is 3.90. The summed E-state index contributed by atoms with van der Waals surface area (Å²) in [5.74, 6) is 1.04. The van der Waals surface area contributed by atoms with Crippen molar-refractivity contribution >= 4 is 0 Å². The van der Waals surface area contributed by atoms with Gasteiger partial charge in [-0.2, -0.15) is 0 Å². The van der Waals surface area contributed by atoms with Gasteiger partial charge in [0.2, 0.25) is 0 Å². The second kappa shape index (κ2) is 5.72. The Morgan fingerprint density at radius 3 is 2.72 bits per heavy atom. The van der Waals surface area contributed by atoms with E-state index in [0.29, 0.717) is 18.8 Å². The number of hydrogen-bond donors (Lipinski definition) is 3. The number of hydrogen-bond acceptors (Lipinski definition) is 3. The van der Waals surface area contributed by atoms with Crippen molar-refractivity contribution in [3.8, 4) is 5.75 Å². The largest absolute Gasteiger partial charge is 0.508 e. The van der Waals surface area contributed by atoms with Gasteiger partial charge in [-0.15, -0.1) is 0 Å². The minimum absolute atomic E-state index is 0.291. The molecular weight excluding hydrogens is 226 g/mol. The number of phenols is 1. The SMILES string of the molecule is CC1CCC(O)(CNCc2cccc(O)c2)CC1. The highest BCUT2D eigenvalue weighted by Gasteiger charge is 2.31. The molecule has 0 heterocycles. The highest BCUT2D eigenvalue weighted by Crippen LogP contribution is 2.31. The maximum Gasteiger partial charge on any atom is 0.115 e. The van der Waals surface area contributed by atoms with Gasteiger partial charge in [0.25, 0.3) is 0 Å². The van der Waals surface area contributed by atoms with Crippen LogP contribution in [0, 0.1) is 5.92 Å². The van der Waals surface area contributed by atoms with Crippen molar-refractivity contribution in [2.24, 2.45) is 5.92 Å². The zero-order valence-electron chi connectivity index (χ0n) is 11.0. The summed E-state index contributed by atoms with van der Waals surface area (Å²) in [5.41, 5.74) is 0.506. The summed E-state index contributed by atoms with van der Waals surface area (Å²) in [7, 11) is 0. The van der Waals surface area contributed by atoms with Gasteiger partial charge in [-0.25, -0.2) is 0 Å². The monoisotopic (exact) mass is 249 g/mol. The average Bonchev–Trinajstić information content (AvgIpc) is 2.34. The van der Waals surface area contributed by atoms with E-state index in [-0.39, 0.29) is 0 Å². The summed E-state index contributed by atoms with van der Waals surface area (Å²) in [4.78, 5) is 0. The van der Waals surface area contributed by atoms with Crippen LogP contribution in [-0.4, -0.2) is 22.4 Å². The number of nitrogens with one attached hydrogen (secondary N) is 1. The van der Waals surface area contributed by atoms with Gasteiger partial charge in [0.15, 0.2) is 0 Å². The zero-order chi connectivity index (χ0) is 13.0. The van der Waals surface area contributed by atoms with Crippen molar-refractivity contribution in [3.63, 3.8) is 0 Å². The van der Waals surface area contributed by atoms with Crippen molar-refractivity contribution in [3.05, 3.63) is 29.8 Å². The Hall–Kier alpha value is -1.06. The van der Waals surface area contributed by atoms with Gasteiger partial charge in [0.05, 0.1) is 5.60 Å². The van der Waals surface area contributed by atoms with E-state index >= 15 is 0 Å². The Labute approximate surface area is 109 Å².